The number of aryl methyl sites for hydroxylation is 2. The summed E-state index contributed by atoms with van der Waals surface area (Å²) in [7, 11) is 1.79. The van der Waals surface area contributed by atoms with Gasteiger partial charge in [0.25, 0.3) is 0 Å². The van der Waals surface area contributed by atoms with Gasteiger partial charge in [-0.15, -0.1) is 5.10 Å². The van der Waals surface area contributed by atoms with Crippen LogP contribution in [0.4, 0.5) is 5.82 Å². The van der Waals surface area contributed by atoms with E-state index in [0.717, 1.165) is 18.7 Å². The summed E-state index contributed by atoms with van der Waals surface area (Å²) < 4.78 is 0. The minimum Gasteiger partial charge on any atom is -0.296 e. The maximum absolute atomic E-state index is 5.65. The molecule has 4 nitrogen and oxygen atoms in total. The van der Waals surface area contributed by atoms with E-state index in [9.17, 15) is 0 Å². The van der Waals surface area contributed by atoms with Crippen LogP contribution >= 0.6 is 0 Å². The van der Waals surface area contributed by atoms with E-state index in [1.165, 1.54) is 41.9 Å². The molecule has 0 amide bonds. The lowest BCUT2D eigenvalue weighted by Gasteiger charge is -2.15. The first kappa shape index (κ1) is 10.4. The van der Waals surface area contributed by atoms with Gasteiger partial charge in [-0.25, -0.2) is 5.84 Å². The minimum atomic E-state index is 0.759. The number of hydrogen-bond donors (Lipinski definition) is 1. The molecule has 0 atom stereocenters. The summed E-state index contributed by atoms with van der Waals surface area (Å²) in [6, 6.07) is 2.08. The fourth-order valence-electron chi connectivity index (χ4n) is 2.00. The molecule has 82 valence electrons. The number of rotatable bonds is 1. The van der Waals surface area contributed by atoms with Crippen LogP contribution in [0.25, 0.3) is 0 Å². The Morgan fingerprint density at radius 3 is 2.60 bits per heavy atom. The van der Waals surface area contributed by atoms with E-state index < -0.39 is 0 Å². The Hall–Kier alpha value is -1.16. The average molecular weight is 206 g/mol. The first-order valence-electron chi connectivity index (χ1n) is 5.61. The largest absolute Gasteiger partial charge is 0.296 e. The highest BCUT2D eigenvalue weighted by atomic mass is 15.4. The molecule has 0 spiro atoms. The fraction of sp³-hybridized carbons (Fsp3) is 0.636. The molecule has 1 aromatic heterocycles. The lowest BCUT2D eigenvalue weighted by atomic mass is 9.98. The van der Waals surface area contributed by atoms with Gasteiger partial charge in [0, 0.05) is 7.05 Å². The lowest BCUT2D eigenvalue weighted by Crippen LogP contribution is -2.27. The van der Waals surface area contributed by atoms with Crippen LogP contribution in [0.3, 0.4) is 0 Å². The third-order valence-corrected chi connectivity index (χ3v) is 2.92. The van der Waals surface area contributed by atoms with Crippen molar-refractivity contribution in [3.8, 4) is 0 Å². The van der Waals surface area contributed by atoms with Crippen LogP contribution in [-0.2, 0) is 12.8 Å². The molecule has 0 unspecified atom stereocenters. The van der Waals surface area contributed by atoms with Gasteiger partial charge in [-0.2, -0.15) is 5.10 Å². The first-order valence-corrected chi connectivity index (χ1v) is 5.61. The molecular formula is C11H18N4. The Morgan fingerprint density at radius 1 is 1.13 bits per heavy atom. The third kappa shape index (κ3) is 2.45. The summed E-state index contributed by atoms with van der Waals surface area (Å²) >= 11 is 0. The molecule has 0 aliphatic heterocycles. The van der Waals surface area contributed by atoms with E-state index in [1.807, 2.05) is 0 Å². The number of hydrazine groups is 1. The lowest BCUT2D eigenvalue weighted by molar-refractivity contribution is 0.602. The zero-order chi connectivity index (χ0) is 10.7. The van der Waals surface area contributed by atoms with Crippen molar-refractivity contribution in [3.63, 3.8) is 0 Å². The van der Waals surface area contributed by atoms with Crippen LogP contribution in [0.2, 0.25) is 0 Å². The average Bonchev–Trinajstić information content (AvgIpc) is 2.18. The predicted octanol–water partition coefficient (Wildman–Crippen LogP) is 1.45. The number of anilines is 1. The Morgan fingerprint density at radius 2 is 1.87 bits per heavy atom. The molecular weight excluding hydrogens is 188 g/mol. The molecule has 0 aromatic carbocycles. The number of nitrogens with two attached hydrogens (primary N) is 1. The normalized spacial score (nSPS) is 16.4. The van der Waals surface area contributed by atoms with Gasteiger partial charge in [0.1, 0.15) is 0 Å². The van der Waals surface area contributed by atoms with Crippen molar-refractivity contribution in [1.29, 1.82) is 0 Å². The summed E-state index contributed by atoms with van der Waals surface area (Å²) in [4.78, 5) is 0. The van der Waals surface area contributed by atoms with E-state index in [4.69, 9.17) is 5.84 Å². The van der Waals surface area contributed by atoms with Gasteiger partial charge in [-0.05, 0) is 37.3 Å². The second-order valence-electron chi connectivity index (χ2n) is 4.20. The van der Waals surface area contributed by atoms with Gasteiger partial charge in [-0.3, -0.25) is 5.01 Å². The Balaban J connectivity index is 2.27. The van der Waals surface area contributed by atoms with E-state index in [1.54, 1.807) is 7.05 Å². The zero-order valence-electron chi connectivity index (χ0n) is 9.24. The van der Waals surface area contributed by atoms with E-state index in [2.05, 4.69) is 16.3 Å². The predicted molar refractivity (Wildman–Crippen MR) is 60.5 cm³/mol. The number of aromatic nitrogens is 2. The Kier molecular flexibility index (Phi) is 3.16. The maximum atomic E-state index is 5.65. The van der Waals surface area contributed by atoms with Crippen LogP contribution in [0, 0.1) is 0 Å². The highest BCUT2D eigenvalue weighted by Gasteiger charge is 2.10. The Labute approximate surface area is 90.5 Å². The van der Waals surface area contributed by atoms with Gasteiger partial charge in [-0.1, -0.05) is 12.8 Å². The van der Waals surface area contributed by atoms with Crippen molar-refractivity contribution in [2.45, 2.75) is 38.5 Å². The SMILES string of the molecule is CN(N)c1cc2c(nn1)CCCCCC2. The highest BCUT2D eigenvalue weighted by Crippen LogP contribution is 2.20. The molecule has 1 aliphatic carbocycles. The number of hydrogen-bond acceptors (Lipinski definition) is 4. The maximum Gasteiger partial charge on any atom is 0.165 e. The van der Waals surface area contributed by atoms with E-state index >= 15 is 0 Å². The molecule has 1 aliphatic rings. The molecule has 0 saturated carbocycles. The van der Waals surface area contributed by atoms with Gasteiger partial charge >= 0.3 is 0 Å². The van der Waals surface area contributed by atoms with Crippen LogP contribution in [0.5, 0.6) is 0 Å². The second-order valence-corrected chi connectivity index (χ2v) is 4.20. The molecule has 1 aromatic rings. The van der Waals surface area contributed by atoms with Crippen LogP contribution in [-0.4, -0.2) is 17.2 Å². The van der Waals surface area contributed by atoms with Gasteiger partial charge < -0.3 is 0 Å². The highest BCUT2D eigenvalue weighted by molar-refractivity contribution is 5.39. The van der Waals surface area contributed by atoms with Crippen molar-refractivity contribution in [3.05, 3.63) is 17.3 Å². The molecule has 0 radical (unpaired) electrons. The van der Waals surface area contributed by atoms with Crippen molar-refractivity contribution >= 4 is 5.82 Å². The van der Waals surface area contributed by atoms with Crippen molar-refractivity contribution in [1.82, 2.24) is 10.2 Å². The monoisotopic (exact) mass is 206 g/mol. The minimum absolute atomic E-state index is 0.759. The summed E-state index contributed by atoms with van der Waals surface area (Å²) in [6.07, 6.45) is 7.32. The third-order valence-electron chi connectivity index (χ3n) is 2.92. The van der Waals surface area contributed by atoms with Crippen molar-refractivity contribution < 1.29 is 0 Å². The summed E-state index contributed by atoms with van der Waals surface area (Å²) in [5.41, 5.74) is 2.50. The topological polar surface area (TPSA) is 55.0 Å². The number of nitrogens with zero attached hydrogens (tertiary/aromatic N) is 3. The molecule has 2 N–H and O–H groups in total. The summed E-state index contributed by atoms with van der Waals surface area (Å²) in [5.74, 6) is 6.41. The van der Waals surface area contributed by atoms with Gasteiger partial charge in [0.05, 0.1) is 5.69 Å². The number of fused-ring (bicyclic) bond motifs is 1. The van der Waals surface area contributed by atoms with Gasteiger partial charge in [0.15, 0.2) is 5.82 Å². The molecule has 2 rings (SSSR count). The van der Waals surface area contributed by atoms with E-state index in [-0.39, 0.29) is 0 Å². The summed E-state index contributed by atoms with van der Waals surface area (Å²) in [5, 5.41) is 9.91. The zero-order valence-corrected chi connectivity index (χ0v) is 9.24. The van der Waals surface area contributed by atoms with Crippen LogP contribution in [0.15, 0.2) is 6.07 Å². The standard InChI is InChI=1S/C11H18N4/c1-15(12)11-8-9-6-4-2-3-5-7-10(9)13-14-11/h8H,2-7,12H2,1H3. The molecule has 0 bridgehead atoms. The van der Waals surface area contributed by atoms with Crippen molar-refractivity contribution in [2.24, 2.45) is 5.84 Å². The molecule has 0 fully saturated rings. The van der Waals surface area contributed by atoms with Crippen LogP contribution in [0.1, 0.15) is 36.9 Å². The smallest absolute Gasteiger partial charge is 0.165 e. The second kappa shape index (κ2) is 4.57. The van der Waals surface area contributed by atoms with Crippen LogP contribution < -0.4 is 10.9 Å². The molecule has 4 heteroatoms. The summed E-state index contributed by atoms with van der Waals surface area (Å²) in [6.45, 7) is 0. The van der Waals surface area contributed by atoms with E-state index in [0.29, 0.717) is 0 Å². The van der Waals surface area contributed by atoms with Gasteiger partial charge in [0.2, 0.25) is 0 Å². The molecule has 1 heterocycles. The first-order chi connectivity index (χ1) is 7.27. The van der Waals surface area contributed by atoms with Crippen molar-refractivity contribution in [2.75, 3.05) is 12.1 Å². The Bertz CT molecular complexity index is 335. The molecule has 0 saturated heterocycles. The molecule has 15 heavy (non-hydrogen) atoms. The fourth-order valence-corrected chi connectivity index (χ4v) is 2.00. The quantitative estimate of drug-likeness (QED) is 0.558.